The Balaban J connectivity index is 1.05. The van der Waals surface area contributed by atoms with E-state index in [0.29, 0.717) is 12.5 Å². The van der Waals surface area contributed by atoms with Crippen LogP contribution >= 0.6 is 11.3 Å². The number of amides is 1. The fraction of sp³-hybridized carbons (Fsp3) is 0.429. The van der Waals surface area contributed by atoms with Gasteiger partial charge in [-0.15, -0.1) is 11.3 Å². The topological polar surface area (TPSA) is 93.3 Å². The lowest BCUT2D eigenvalue weighted by molar-refractivity contribution is -0.137. The largest absolute Gasteiger partial charge is 0.340 e. The molecule has 1 saturated heterocycles. The summed E-state index contributed by atoms with van der Waals surface area (Å²) in [5.41, 5.74) is 6.77. The number of anilines is 2. The van der Waals surface area contributed by atoms with E-state index in [1.807, 2.05) is 17.6 Å². The Labute approximate surface area is 225 Å². The molecule has 5 heterocycles. The Kier molecular flexibility index (Phi) is 5.90. The molecule has 0 bridgehead atoms. The van der Waals surface area contributed by atoms with Crippen molar-refractivity contribution in [3.8, 4) is 0 Å². The van der Waals surface area contributed by atoms with E-state index in [0.717, 1.165) is 97.0 Å². The van der Waals surface area contributed by atoms with Crippen molar-refractivity contribution in [2.24, 2.45) is 5.41 Å². The summed E-state index contributed by atoms with van der Waals surface area (Å²) >= 11 is 1.63. The Morgan fingerprint density at radius 1 is 1.11 bits per heavy atom. The van der Waals surface area contributed by atoms with Gasteiger partial charge >= 0.3 is 0 Å². The van der Waals surface area contributed by atoms with Crippen molar-refractivity contribution >= 4 is 55.6 Å². The van der Waals surface area contributed by atoms with Gasteiger partial charge in [0.25, 0.3) is 0 Å². The number of nitrogens with one attached hydrogen (secondary N) is 2. The van der Waals surface area contributed by atoms with Gasteiger partial charge in [-0.25, -0.2) is 15.0 Å². The van der Waals surface area contributed by atoms with Crippen LogP contribution in [0.3, 0.4) is 0 Å². The number of hydrogen-bond acceptors (Lipinski definition) is 8. The summed E-state index contributed by atoms with van der Waals surface area (Å²) in [7, 11) is 2.17. The number of piperazine rings is 1. The first-order valence-electron chi connectivity index (χ1n) is 13.4. The molecule has 0 atom stereocenters. The van der Waals surface area contributed by atoms with Crippen LogP contribution in [0.1, 0.15) is 25.0 Å². The number of aromatic amines is 1. The summed E-state index contributed by atoms with van der Waals surface area (Å²) < 4.78 is 1.14. The molecule has 2 fully saturated rings. The number of nitrogens with zero attached hydrogens (tertiary/aromatic N) is 6. The van der Waals surface area contributed by atoms with Crippen molar-refractivity contribution in [3.05, 3.63) is 47.9 Å². The van der Waals surface area contributed by atoms with Crippen LogP contribution in [-0.2, 0) is 4.79 Å². The van der Waals surface area contributed by atoms with Crippen molar-refractivity contribution in [2.45, 2.75) is 19.3 Å². The third-order valence-electron chi connectivity index (χ3n) is 8.29. The molecule has 0 unspecified atom stereocenters. The molecule has 7 rings (SSSR count). The first-order valence-corrected chi connectivity index (χ1v) is 14.3. The number of benzene rings is 1. The predicted octanol–water partition coefficient (Wildman–Crippen LogP) is 3.95. The normalized spacial score (nSPS) is 20.1. The van der Waals surface area contributed by atoms with Crippen molar-refractivity contribution in [3.63, 3.8) is 0 Å². The molecule has 3 aromatic heterocycles. The maximum atomic E-state index is 13.5. The molecule has 3 aliphatic rings. The lowest BCUT2D eigenvalue weighted by Crippen LogP contribution is -2.50. The second-order valence-corrected chi connectivity index (χ2v) is 11.8. The second kappa shape index (κ2) is 9.44. The van der Waals surface area contributed by atoms with Crippen LogP contribution < -0.4 is 5.32 Å². The molecule has 0 spiro atoms. The summed E-state index contributed by atoms with van der Waals surface area (Å²) in [6.45, 7) is 6.65. The van der Waals surface area contributed by atoms with Crippen LogP contribution in [0.2, 0.25) is 0 Å². The quantitative estimate of drug-likeness (QED) is 0.391. The van der Waals surface area contributed by atoms with Gasteiger partial charge in [-0.2, -0.15) is 0 Å². The number of fused-ring (bicyclic) bond motifs is 2. The van der Waals surface area contributed by atoms with E-state index in [1.165, 1.54) is 5.57 Å². The van der Waals surface area contributed by atoms with Crippen molar-refractivity contribution < 1.29 is 4.79 Å². The minimum atomic E-state index is -0.152. The number of hydrogen-bond donors (Lipinski definition) is 2. The number of H-pyrrole nitrogens is 1. The SMILES string of the molecule is CN1CCN(CC2(C(=O)N3CC=C(c4cc5c(Nc6ccc7ncsc7c6)ncnc5[nH]4)CC3)CC2)CC1. The lowest BCUT2D eigenvalue weighted by Gasteiger charge is -2.36. The summed E-state index contributed by atoms with van der Waals surface area (Å²) in [6.07, 6.45) is 6.67. The van der Waals surface area contributed by atoms with E-state index in [2.05, 4.69) is 65.2 Å². The van der Waals surface area contributed by atoms with Gasteiger partial charge < -0.3 is 20.1 Å². The molecule has 2 aliphatic heterocycles. The van der Waals surface area contributed by atoms with E-state index >= 15 is 0 Å². The van der Waals surface area contributed by atoms with Crippen molar-refractivity contribution in [1.29, 1.82) is 0 Å². The molecule has 0 radical (unpaired) electrons. The maximum Gasteiger partial charge on any atom is 0.230 e. The van der Waals surface area contributed by atoms with E-state index in [4.69, 9.17) is 0 Å². The molecule has 1 aromatic carbocycles. The molecule has 38 heavy (non-hydrogen) atoms. The van der Waals surface area contributed by atoms with Crippen molar-refractivity contribution in [2.75, 3.05) is 58.2 Å². The highest BCUT2D eigenvalue weighted by Gasteiger charge is 2.52. The first-order chi connectivity index (χ1) is 18.6. The average molecular weight is 529 g/mol. The highest BCUT2D eigenvalue weighted by atomic mass is 32.1. The van der Waals surface area contributed by atoms with Gasteiger partial charge in [0.1, 0.15) is 17.8 Å². The van der Waals surface area contributed by atoms with Gasteiger partial charge in [0, 0.05) is 57.2 Å². The van der Waals surface area contributed by atoms with E-state index < -0.39 is 0 Å². The Morgan fingerprint density at radius 2 is 1.97 bits per heavy atom. The van der Waals surface area contributed by atoms with Gasteiger partial charge in [0.2, 0.25) is 5.91 Å². The number of carbonyl (C=O) groups is 1. The predicted molar refractivity (Wildman–Crippen MR) is 152 cm³/mol. The Morgan fingerprint density at radius 3 is 2.76 bits per heavy atom. The van der Waals surface area contributed by atoms with Crippen LogP contribution in [0.25, 0.3) is 26.8 Å². The van der Waals surface area contributed by atoms with E-state index in [9.17, 15) is 4.79 Å². The standard InChI is InChI=1S/C28H32N8OS/c1-34-10-12-35(13-11-34)16-28(6-7-28)27(37)36-8-4-19(5-9-36)23-15-21-25(29-17-30-26(21)33-23)32-20-2-3-22-24(14-20)38-18-31-22/h2-4,14-15,17-18H,5-13,16H2,1H3,(H2,29,30,32,33). The number of likely N-dealkylation sites (N-methyl/N-ethyl adjacent to an activating group) is 1. The first kappa shape index (κ1) is 23.8. The molecular formula is C28H32N8OS. The fourth-order valence-corrected chi connectivity index (χ4v) is 6.46. The maximum absolute atomic E-state index is 13.5. The smallest absolute Gasteiger partial charge is 0.230 e. The average Bonchev–Trinajstić information content (AvgIpc) is 3.35. The monoisotopic (exact) mass is 528 g/mol. The molecule has 2 N–H and O–H groups in total. The second-order valence-electron chi connectivity index (χ2n) is 10.9. The van der Waals surface area contributed by atoms with Gasteiger partial charge in [-0.05, 0) is 56.1 Å². The molecule has 4 aromatic rings. The third-order valence-corrected chi connectivity index (χ3v) is 9.08. The molecule has 10 heteroatoms. The summed E-state index contributed by atoms with van der Waals surface area (Å²) in [5, 5.41) is 4.41. The molecule has 9 nitrogen and oxygen atoms in total. The van der Waals surface area contributed by atoms with Crippen LogP contribution in [0, 0.1) is 5.41 Å². The van der Waals surface area contributed by atoms with Crippen LogP contribution in [0.4, 0.5) is 11.5 Å². The van der Waals surface area contributed by atoms with Gasteiger partial charge in [0.05, 0.1) is 26.5 Å². The van der Waals surface area contributed by atoms with Crippen molar-refractivity contribution in [1.82, 2.24) is 34.6 Å². The minimum absolute atomic E-state index is 0.152. The molecular weight excluding hydrogens is 496 g/mol. The zero-order chi connectivity index (χ0) is 25.7. The van der Waals surface area contributed by atoms with E-state index in [1.54, 1.807) is 17.7 Å². The van der Waals surface area contributed by atoms with Gasteiger partial charge in [-0.3, -0.25) is 9.69 Å². The summed E-state index contributed by atoms with van der Waals surface area (Å²) in [5.74, 6) is 1.12. The summed E-state index contributed by atoms with van der Waals surface area (Å²) in [4.78, 5) is 37.3. The fourth-order valence-electron chi connectivity index (χ4n) is 5.74. The Bertz CT molecular complexity index is 1530. The van der Waals surface area contributed by atoms with Crippen LogP contribution in [0.5, 0.6) is 0 Å². The molecule has 1 saturated carbocycles. The number of carbonyl (C=O) groups excluding carboxylic acids is 1. The summed E-state index contributed by atoms with van der Waals surface area (Å²) in [6, 6.07) is 8.27. The van der Waals surface area contributed by atoms with Crippen LogP contribution in [0.15, 0.2) is 42.2 Å². The van der Waals surface area contributed by atoms with Gasteiger partial charge in [0.15, 0.2) is 0 Å². The molecule has 1 aliphatic carbocycles. The lowest BCUT2D eigenvalue weighted by atomic mass is 10.00. The van der Waals surface area contributed by atoms with E-state index in [-0.39, 0.29) is 5.41 Å². The highest BCUT2D eigenvalue weighted by Crippen LogP contribution is 2.48. The number of aromatic nitrogens is 4. The number of rotatable bonds is 6. The molecule has 196 valence electrons. The van der Waals surface area contributed by atoms with Crippen LogP contribution in [-0.4, -0.2) is 93.4 Å². The highest BCUT2D eigenvalue weighted by molar-refractivity contribution is 7.16. The third kappa shape index (κ3) is 4.46. The Hall–Kier alpha value is -3.34. The number of thiazole rings is 1. The van der Waals surface area contributed by atoms with Gasteiger partial charge in [-0.1, -0.05) is 6.08 Å². The zero-order valence-corrected chi connectivity index (χ0v) is 22.4. The zero-order valence-electron chi connectivity index (χ0n) is 21.6. The molecule has 1 amide bonds. The minimum Gasteiger partial charge on any atom is -0.340 e.